The zero-order valence-electron chi connectivity index (χ0n) is 12.9. The summed E-state index contributed by atoms with van der Waals surface area (Å²) in [6, 6.07) is 0. The van der Waals surface area contributed by atoms with Crippen LogP contribution in [-0.4, -0.2) is 29.7 Å². The first-order chi connectivity index (χ1) is 8.66. The molecule has 1 fully saturated rings. The van der Waals surface area contributed by atoms with Gasteiger partial charge in [-0.1, -0.05) is 20.8 Å². The molecule has 1 aliphatic rings. The topological polar surface area (TPSA) is 75.4 Å². The van der Waals surface area contributed by atoms with Gasteiger partial charge < -0.3 is 16.2 Å². The summed E-state index contributed by atoms with van der Waals surface area (Å²) in [5, 5.41) is 13.4. The normalized spacial score (nSPS) is 24.5. The predicted molar refractivity (Wildman–Crippen MR) is 77.7 cm³/mol. The van der Waals surface area contributed by atoms with Crippen molar-refractivity contribution in [2.45, 2.75) is 65.4 Å². The molecule has 4 N–H and O–H groups in total. The van der Waals surface area contributed by atoms with Crippen LogP contribution >= 0.6 is 0 Å². The Kier molecular flexibility index (Phi) is 5.02. The lowest BCUT2D eigenvalue weighted by Gasteiger charge is -2.40. The summed E-state index contributed by atoms with van der Waals surface area (Å²) in [7, 11) is 0. The highest BCUT2D eigenvalue weighted by molar-refractivity contribution is 5.82. The fourth-order valence-corrected chi connectivity index (χ4v) is 2.42. The van der Waals surface area contributed by atoms with Gasteiger partial charge in [0.1, 0.15) is 0 Å². The third-order valence-corrected chi connectivity index (χ3v) is 4.89. The lowest BCUT2D eigenvalue weighted by Crippen LogP contribution is -2.51. The minimum absolute atomic E-state index is 0.0456. The summed E-state index contributed by atoms with van der Waals surface area (Å²) < 4.78 is 0. The molecule has 0 aromatic rings. The molecule has 0 aliphatic heterocycles. The first-order valence-corrected chi connectivity index (χ1v) is 7.37. The monoisotopic (exact) mass is 270 g/mol. The van der Waals surface area contributed by atoms with Crippen LogP contribution in [0.4, 0.5) is 0 Å². The second-order valence-corrected chi connectivity index (χ2v) is 7.19. The second kappa shape index (κ2) is 5.80. The lowest BCUT2D eigenvalue weighted by molar-refractivity contribution is -0.131. The maximum Gasteiger partial charge on any atom is 0.227 e. The van der Waals surface area contributed by atoms with Crippen molar-refractivity contribution in [1.82, 2.24) is 5.32 Å². The highest BCUT2D eigenvalue weighted by Crippen LogP contribution is 2.39. The zero-order valence-corrected chi connectivity index (χ0v) is 12.9. The highest BCUT2D eigenvalue weighted by atomic mass is 16.3. The average Bonchev–Trinajstić information content (AvgIpc) is 2.39. The number of nitrogens with one attached hydrogen (secondary N) is 1. The van der Waals surface area contributed by atoms with E-state index in [1.807, 2.05) is 13.8 Å². The van der Waals surface area contributed by atoms with Gasteiger partial charge in [0, 0.05) is 13.1 Å². The van der Waals surface area contributed by atoms with E-state index in [-0.39, 0.29) is 5.91 Å². The first-order valence-electron chi connectivity index (χ1n) is 7.37. The SMILES string of the molecule is CCC(C)(CN)C(=O)NCC1(O)CCC(C)(C)CC1. The quantitative estimate of drug-likeness (QED) is 0.713. The molecule has 0 aromatic heterocycles. The van der Waals surface area contributed by atoms with Crippen molar-refractivity contribution in [3.63, 3.8) is 0 Å². The largest absolute Gasteiger partial charge is 0.388 e. The number of carbonyl (C=O) groups excluding carboxylic acids is 1. The molecule has 1 amide bonds. The van der Waals surface area contributed by atoms with E-state index >= 15 is 0 Å². The van der Waals surface area contributed by atoms with Gasteiger partial charge in [0.05, 0.1) is 11.0 Å². The van der Waals surface area contributed by atoms with E-state index in [9.17, 15) is 9.90 Å². The number of rotatable bonds is 5. The van der Waals surface area contributed by atoms with Crippen molar-refractivity contribution in [2.24, 2.45) is 16.6 Å². The number of amides is 1. The number of aliphatic hydroxyl groups is 1. The van der Waals surface area contributed by atoms with Crippen LogP contribution in [0.25, 0.3) is 0 Å². The van der Waals surface area contributed by atoms with Gasteiger partial charge in [-0.15, -0.1) is 0 Å². The van der Waals surface area contributed by atoms with Gasteiger partial charge in [0.2, 0.25) is 5.91 Å². The molecule has 4 heteroatoms. The van der Waals surface area contributed by atoms with Crippen LogP contribution in [0.5, 0.6) is 0 Å². The summed E-state index contributed by atoms with van der Waals surface area (Å²) in [4.78, 5) is 12.1. The molecule has 4 nitrogen and oxygen atoms in total. The van der Waals surface area contributed by atoms with Crippen molar-refractivity contribution in [1.29, 1.82) is 0 Å². The molecule has 19 heavy (non-hydrogen) atoms. The van der Waals surface area contributed by atoms with E-state index in [0.717, 1.165) is 25.7 Å². The Balaban J connectivity index is 2.51. The van der Waals surface area contributed by atoms with Crippen molar-refractivity contribution in [3.8, 4) is 0 Å². The van der Waals surface area contributed by atoms with E-state index in [1.54, 1.807) is 0 Å². The zero-order chi connectivity index (χ0) is 14.7. The van der Waals surface area contributed by atoms with Crippen molar-refractivity contribution in [3.05, 3.63) is 0 Å². The molecule has 112 valence electrons. The molecule has 0 heterocycles. The van der Waals surface area contributed by atoms with Gasteiger partial charge in [-0.05, 0) is 44.4 Å². The Labute approximate surface area is 117 Å². The van der Waals surface area contributed by atoms with Gasteiger partial charge in [-0.3, -0.25) is 4.79 Å². The Hall–Kier alpha value is -0.610. The number of hydrogen-bond acceptors (Lipinski definition) is 3. The minimum Gasteiger partial charge on any atom is -0.388 e. The van der Waals surface area contributed by atoms with Crippen LogP contribution in [0.1, 0.15) is 59.8 Å². The molecular formula is C15H30N2O2. The fraction of sp³-hybridized carbons (Fsp3) is 0.933. The Morgan fingerprint density at radius 1 is 1.32 bits per heavy atom. The summed E-state index contributed by atoms with van der Waals surface area (Å²) >= 11 is 0. The van der Waals surface area contributed by atoms with E-state index < -0.39 is 11.0 Å². The summed E-state index contributed by atoms with van der Waals surface area (Å²) in [5.41, 5.74) is 4.72. The Morgan fingerprint density at radius 2 is 1.84 bits per heavy atom. The average molecular weight is 270 g/mol. The highest BCUT2D eigenvalue weighted by Gasteiger charge is 2.38. The van der Waals surface area contributed by atoms with Gasteiger partial charge >= 0.3 is 0 Å². The summed E-state index contributed by atoms with van der Waals surface area (Å²) in [6.07, 6.45) is 4.22. The second-order valence-electron chi connectivity index (χ2n) is 7.19. The maximum atomic E-state index is 12.1. The number of nitrogens with two attached hydrogens (primary N) is 1. The molecule has 1 rings (SSSR count). The molecule has 1 atom stereocenters. The molecule has 0 spiro atoms. The predicted octanol–water partition coefficient (Wildman–Crippen LogP) is 1.81. The van der Waals surface area contributed by atoms with Crippen LogP contribution in [0.2, 0.25) is 0 Å². The van der Waals surface area contributed by atoms with Crippen LogP contribution in [-0.2, 0) is 4.79 Å². The van der Waals surface area contributed by atoms with E-state index in [2.05, 4.69) is 19.2 Å². The molecule has 1 aliphatic carbocycles. The van der Waals surface area contributed by atoms with Gasteiger partial charge in [0.15, 0.2) is 0 Å². The minimum atomic E-state index is -0.742. The first kappa shape index (κ1) is 16.4. The van der Waals surface area contributed by atoms with Crippen LogP contribution < -0.4 is 11.1 Å². The number of carbonyl (C=O) groups is 1. The van der Waals surface area contributed by atoms with E-state index in [0.29, 0.717) is 24.9 Å². The molecule has 0 radical (unpaired) electrons. The van der Waals surface area contributed by atoms with Crippen LogP contribution in [0.3, 0.4) is 0 Å². The van der Waals surface area contributed by atoms with Crippen LogP contribution in [0.15, 0.2) is 0 Å². The van der Waals surface area contributed by atoms with Gasteiger partial charge in [-0.2, -0.15) is 0 Å². The smallest absolute Gasteiger partial charge is 0.227 e. The third-order valence-electron chi connectivity index (χ3n) is 4.89. The maximum absolute atomic E-state index is 12.1. The third kappa shape index (κ3) is 4.18. The number of hydrogen-bond donors (Lipinski definition) is 3. The van der Waals surface area contributed by atoms with Crippen molar-refractivity contribution >= 4 is 5.91 Å². The Bertz CT molecular complexity index is 312. The van der Waals surface area contributed by atoms with Gasteiger partial charge in [-0.25, -0.2) is 0 Å². The Morgan fingerprint density at radius 3 is 2.26 bits per heavy atom. The van der Waals surface area contributed by atoms with Gasteiger partial charge in [0.25, 0.3) is 0 Å². The fourth-order valence-electron chi connectivity index (χ4n) is 2.42. The molecule has 0 aromatic carbocycles. The molecular weight excluding hydrogens is 240 g/mol. The van der Waals surface area contributed by atoms with Crippen molar-refractivity contribution in [2.75, 3.05) is 13.1 Å². The summed E-state index contributed by atoms with van der Waals surface area (Å²) in [5.74, 6) is -0.0456. The molecule has 0 saturated heterocycles. The van der Waals surface area contributed by atoms with E-state index in [4.69, 9.17) is 5.73 Å². The standard InChI is InChI=1S/C15H30N2O2/c1-5-14(4,10-16)12(18)17-11-15(19)8-6-13(2,3)7-9-15/h19H,5-11,16H2,1-4H3,(H,17,18). The van der Waals surface area contributed by atoms with Crippen molar-refractivity contribution < 1.29 is 9.90 Å². The van der Waals surface area contributed by atoms with E-state index in [1.165, 1.54) is 0 Å². The summed E-state index contributed by atoms with van der Waals surface area (Å²) in [6.45, 7) is 8.97. The molecule has 0 bridgehead atoms. The van der Waals surface area contributed by atoms with Crippen LogP contribution in [0, 0.1) is 10.8 Å². The lowest BCUT2D eigenvalue weighted by atomic mass is 9.71. The molecule has 1 unspecified atom stereocenters. The molecule has 1 saturated carbocycles.